The van der Waals surface area contributed by atoms with Crippen LogP contribution in [0.1, 0.15) is 55.3 Å². The van der Waals surface area contributed by atoms with Gasteiger partial charge in [-0.15, -0.1) is 0 Å². The first-order chi connectivity index (χ1) is 10.1. The summed E-state index contributed by atoms with van der Waals surface area (Å²) in [6.07, 6.45) is 10.9. The predicted octanol–water partition coefficient (Wildman–Crippen LogP) is 2.31. The van der Waals surface area contributed by atoms with Crippen LogP contribution in [0.4, 0.5) is 11.5 Å². The number of rotatable bonds is 2. The lowest BCUT2D eigenvalue weighted by Gasteiger charge is -2.44. The van der Waals surface area contributed by atoms with Crippen LogP contribution in [0.2, 0.25) is 0 Å². The van der Waals surface area contributed by atoms with Crippen LogP contribution in [0, 0.1) is 5.41 Å². The van der Waals surface area contributed by atoms with Crippen molar-refractivity contribution >= 4 is 17.4 Å². The van der Waals surface area contributed by atoms with Gasteiger partial charge in [0.2, 0.25) is 0 Å². The van der Waals surface area contributed by atoms with Crippen LogP contribution in [0.15, 0.2) is 12.3 Å². The first kappa shape index (κ1) is 14.2. The van der Waals surface area contributed by atoms with E-state index in [1.165, 1.54) is 44.9 Å². The molecule has 1 amide bonds. The number of nitrogens with two attached hydrogens (primary N) is 2. The number of amides is 1. The maximum atomic E-state index is 11.4. The second kappa shape index (κ2) is 5.54. The van der Waals surface area contributed by atoms with Crippen LogP contribution >= 0.6 is 0 Å². The number of aromatic nitrogens is 1. The molecule has 0 aromatic carbocycles. The van der Waals surface area contributed by atoms with Gasteiger partial charge in [0, 0.05) is 13.1 Å². The topological polar surface area (TPSA) is 85.2 Å². The fraction of sp³-hybridized carbons (Fsp3) is 0.625. The van der Waals surface area contributed by atoms with Crippen molar-refractivity contribution in [1.82, 2.24) is 4.98 Å². The summed E-state index contributed by atoms with van der Waals surface area (Å²) >= 11 is 0. The molecule has 0 radical (unpaired) electrons. The largest absolute Gasteiger partial charge is 0.397 e. The molecule has 1 aliphatic carbocycles. The Labute approximate surface area is 125 Å². The molecule has 1 spiro atoms. The Kier molecular flexibility index (Phi) is 3.74. The molecule has 1 aromatic rings. The monoisotopic (exact) mass is 288 g/mol. The number of pyridine rings is 1. The van der Waals surface area contributed by atoms with E-state index < -0.39 is 5.91 Å². The third-order valence-electron chi connectivity index (χ3n) is 5.25. The van der Waals surface area contributed by atoms with Crippen LogP contribution in [0.3, 0.4) is 0 Å². The van der Waals surface area contributed by atoms with Gasteiger partial charge in [-0.3, -0.25) is 4.79 Å². The highest BCUT2D eigenvalue weighted by atomic mass is 16.1. The predicted molar refractivity (Wildman–Crippen MR) is 84.1 cm³/mol. The first-order valence-electron chi connectivity index (χ1n) is 7.90. The third-order valence-corrected chi connectivity index (χ3v) is 5.25. The summed E-state index contributed by atoms with van der Waals surface area (Å²) in [5, 5.41) is 0. The summed E-state index contributed by atoms with van der Waals surface area (Å²) in [6.45, 7) is 2.02. The van der Waals surface area contributed by atoms with Gasteiger partial charge < -0.3 is 16.4 Å². The Bertz CT molecular complexity index is 527. The lowest BCUT2D eigenvalue weighted by molar-refractivity contribution is 0.100. The fourth-order valence-corrected chi connectivity index (χ4v) is 3.85. The fourth-order valence-electron chi connectivity index (χ4n) is 3.85. The Balaban J connectivity index is 1.72. The molecule has 114 valence electrons. The number of primary amides is 1. The van der Waals surface area contributed by atoms with E-state index in [1.54, 1.807) is 12.3 Å². The molecule has 2 aliphatic rings. The van der Waals surface area contributed by atoms with Crippen LogP contribution in [0.25, 0.3) is 0 Å². The minimum absolute atomic E-state index is 0.354. The number of hydrogen-bond acceptors (Lipinski definition) is 4. The quantitative estimate of drug-likeness (QED) is 0.874. The van der Waals surface area contributed by atoms with Crippen molar-refractivity contribution < 1.29 is 4.79 Å². The van der Waals surface area contributed by atoms with Gasteiger partial charge in [-0.05, 0) is 37.2 Å². The minimum Gasteiger partial charge on any atom is -0.397 e. The number of nitrogen functional groups attached to an aromatic ring is 1. The number of nitrogens with zero attached hydrogens (tertiary/aromatic N) is 2. The highest BCUT2D eigenvalue weighted by Gasteiger charge is 2.35. The van der Waals surface area contributed by atoms with E-state index in [-0.39, 0.29) is 0 Å². The van der Waals surface area contributed by atoms with Crippen molar-refractivity contribution in [2.45, 2.75) is 44.9 Å². The molecule has 0 bridgehead atoms. The molecule has 5 nitrogen and oxygen atoms in total. The maximum absolute atomic E-state index is 11.4. The number of piperidine rings is 1. The molecule has 4 N–H and O–H groups in total. The van der Waals surface area contributed by atoms with Gasteiger partial charge in [-0.2, -0.15) is 0 Å². The van der Waals surface area contributed by atoms with Crippen LogP contribution < -0.4 is 16.4 Å². The van der Waals surface area contributed by atoms with Gasteiger partial charge in [0.15, 0.2) is 0 Å². The number of anilines is 2. The Hall–Kier alpha value is -1.78. The van der Waals surface area contributed by atoms with E-state index in [9.17, 15) is 4.79 Å². The molecular formula is C16H24N4O. The number of hydrogen-bond donors (Lipinski definition) is 2. The smallest absolute Gasteiger partial charge is 0.250 e. The molecule has 1 aliphatic heterocycles. The first-order valence-corrected chi connectivity index (χ1v) is 7.90. The SMILES string of the molecule is NC(=O)c1cc(N2CCC3(CCCCC3)CC2)ncc1N. The van der Waals surface area contributed by atoms with Gasteiger partial charge in [-0.25, -0.2) is 4.98 Å². The Morgan fingerprint density at radius 2 is 1.81 bits per heavy atom. The zero-order valence-corrected chi connectivity index (χ0v) is 12.5. The molecule has 5 heteroatoms. The zero-order valence-electron chi connectivity index (χ0n) is 12.5. The van der Waals surface area contributed by atoms with E-state index in [1.807, 2.05) is 0 Å². The highest BCUT2D eigenvalue weighted by Crippen LogP contribution is 2.45. The molecule has 1 aromatic heterocycles. The Morgan fingerprint density at radius 3 is 2.43 bits per heavy atom. The third kappa shape index (κ3) is 2.82. The highest BCUT2D eigenvalue weighted by molar-refractivity contribution is 5.98. The van der Waals surface area contributed by atoms with E-state index in [2.05, 4.69) is 9.88 Å². The van der Waals surface area contributed by atoms with Crippen LogP contribution in [-0.4, -0.2) is 24.0 Å². The van der Waals surface area contributed by atoms with E-state index in [0.29, 0.717) is 16.7 Å². The molecular weight excluding hydrogens is 264 g/mol. The van der Waals surface area contributed by atoms with Crippen molar-refractivity contribution in [3.05, 3.63) is 17.8 Å². The molecule has 21 heavy (non-hydrogen) atoms. The van der Waals surface area contributed by atoms with Crippen molar-refractivity contribution in [3.63, 3.8) is 0 Å². The summed E-state index contributed by atoms with van der Waals surface area (Å²) in [7, 11) is 0. The zero-order chi connectivity index (χ0) is 14.9. The van der Waals surface area contributed by atoms with Crippen molar-refractivity contribution in [1.29, 1.82) is 0 Å². The second-order valence-electron chi connectivity index (χ2n) is 6.54. The van der Waals surface area contributed by atoms with E-state index in [4.69, 9.17) is 11.5 Å². The Morgan fingerprint density at radius 1 is 1.14 bits per heavy atom. The molecule has 3 rings (SSSR count). The lowest BCUT2D eigenvalue weighted by atomic mass is 9.68. The second-order valence-corrected chi connectivity index (χ2v) is 6.54. The van der Waals surface area contributed by atoms with Gasteiger partial charge in [0.1, 0.15) is 5.82 Å². The molecule has 2 fully saturated rings. The van der Waals surface area contributed by atoms with Crippen LogP contribution in [-0.2, 0) is 0 Å². The van der Waals surface area contributed by atoms with Gasteiger partial charge in [0.25, 0.3) is 5.91 Å². The molecule has 2 heterocycles. The summed E-state index contributed by atoms with van der Waals surface area (Å²) in [5.74, 6) is 0.334. The summed E-state index contributed by atoms with van der Waals surface area (Å²) in [6, 6.07) is 1.73. The van der Waals surface area contributed by atoms with Gasteiger partial charge in [-0.1, -0.05) is 19.3 Å². The normalized spacial score (nSPS) is 21.4. The lowest BCUT2D eigenvalue weighted by Crippen LogP contribution is -2.41. The van der Waals surface area contributed by atoms with E-state index in [0.717, 1.165) is 18.9 Å². The molecule has 0 atom stereocenters. The minimum atomic E-state index is -0.489. The molecule has 1 saturated carbocycles. The number of carbonyl (C=O) groups excluding carboxylic acids is 1. The van der Waals surface area contributed by atoms with Gasteiger partial charge in [0.05, 0.1) is 17.4 Å². The van der Waals surface area contributed by atoms with Gasteiger partial charge >= 0.3 is 0 Å². The average molecular weight is 288 g/mol. The average Bonchev–Trinajstić information content (AvgIpc) is 2.49. The van der Waals surface area contributed by atoms with Crippen LogP contribution in [0.5, 0.6) is 0 Å². The van der Waals surface area contributed by atoms with Crippen molar-refractivity contribution in [2.24, 2.45) is 11.1 Å². The van der Waals surface area contributed by atoms with Crippen molar-refractivity contribution in [3.8, 4) is 0 Å². The number of carbonyl (C=O) groups is 1. The summed E-state index contributed by atoms with van der Waals surface area (Å²) in [4.78, 5) is 18.0. The maximum Gasteiger partial charge on any atom is 0.250 e. The standard InChI is InChI=1S/C16H24N4O/c17-13-11-19-14(10-12(13)15(18)21)20-8-6-16(7-9-20)4-2-1-3-5-16/h10-11H,1-9,17H2,(H2,18,21). The molecule has 0 unspecified atom stereocenters. The van der Waals surface area contributed by atoms with E-state index >= 15 is 0 Å². The molecule has 1 saturated heterocycles. The van der Waals surface area contributed by atoms with Crippen molar-refractivity contribution in [2.75, 3.05) is 23.7 Å². The summed E-state index contributed by atoms with van der Waals surface area (Å²) < 4.78 is 0. The summed E-state index contributed by atoms with van der Waals surface area (Å²) in [5.41, 5.74) is 12.4.